The lowest BCUT2D eigenvalue weighted by atomic mass is 10.0. The van der Waals surface area contributed by atoms with Crippen molar-refractivity contribution < 1.29 is 9.59 Å². The van der Waals surface area contributed by atoms with E-state index in [-0.39, 0.29) is 18.4 Å². The molecule has 0 saturated carbocycles. The molecule has 0 radical (unpaired) electrons. The van der Waals surface area contributed by atoms with Gasteiger partial charge in [0.25, 0.3) is 5.91 Å². The molecule has 2 N–H and O–H groups in total. The van der Waals surface area contributed by atoms with Gasteiger partial charge in [-0.3, -0.25) is 9.59 Å². The Hall–Kier alpha value is -2.82. The number of para-hydroxylation sites is 1. The zero-order valence-electron chi connectivity index (χ0n) is 23.3. The van der Waals surface area contributed by atoms with E-state index in [0.29, 0.717) is 5.56 Å². The number of carbonyl (C=O) groups is 2. The highest BCUT2D eigenvalue weighted by Gasteiger charge is 2.13. The van der Waals surface area contributed by atoms with E-state index in [9.17, 15) is 9.59 Å². The molecule has 0 saturated heterocycles. The Balaban J connectivity index is 1.49. The minimum absolute atomic E-state index is 0.0205. The van der Waals surface area contributed by atoms with Crippen molar-refractivity contribution in [3.63, 3.8) is 0 Å². The maximum Gasteiger partial charge on any atom is 0.258 e. The number of nitrogens with zero attached hydrogens (tertiary/aromatic N) is 1. The monoisotopic (exact) mass is 507 g/mol. The summed E-state index contributed by atoms with van der Waals surface area (Å²) in [7, 11) is 1.77. The van der Waals surface area contributed by atoms with Crippen molar-refractivity contribution in [2.45, 2.75) is 96.8 Å². The minimum atomic E-state index is -0.0860. The van der Waals surface area contributed by atoms with E-state index in [1.165, 1.54) is 83.5 Å². The third-order valence-corrected chi connectivity index (χ3v) is 6.86. The molecule has 0 aliphatic rings. The second kappa shape index (κ2) is 19.3. The SMILES string of the molecule is CCCCCCCCCCCCCCCCNC(=O)CNc1cccc(C(=O)N(C)c2ccccc2)c1. The first-order valence-corrected chi connectivity index (χ1v) is 14.6. The first-order valence-electron chi connectivity index (χ1n) is 14.6. The molecule has 5 heteroatoms. The smallest absolute Gasteiger partial charge is 0.258 e. The maximum atomic E-state index is 12.8. The van der Waals surface area contributed by atoms with Crippen LogP contribution in [0.3, 0.4) is 0 Å². The Labute approximate surface area is 225 Å². The maximum absolute atomic E-state index is 12.8. The summed E-state index contributed by atoms with van der Waals surface area (Å²) in [5.74, 6) is -0.107. The average molecular weight is 508 g/mol. The molecule has 0 aliphatic carbocycles. The summed E-state index contributed by atoms with van der Waals surface area (Å²) in [5.41, 5.74) is 2.19. The first-order chi connectivity index (χ1) is 18.1. The quantitative estimate of drug-likeness (QED) is 0.179. The summed E-state index contributed by atoms with van der Waals surface area (Å²) >= 11 is 0. The van der Waals surface area contributed by atoms with Crippen molar-refractivity contribution in [2.24, 2.45) is 0 Å². The van der Waals surface area contributed by atoms with Gasteiger partial charge in [0.1, 0.15) is 0 Å². The van der Waals surface area contributed by atoms with Gasteiger partial charge in [0, 0.05) is 30.5 Å². The third kappa shape index (κ3) is 13.3. The molecule has 0 bridgehead atoms. The zero-order valence-corrected chi connectivity index (χ0v) is 23.3. The Bertz CT molecular complexity index is 885. The van der Waals surface area contributed by atoms with Crippen LogP contribution in [0.1, 0.15) is 107 Å². The molecule has 5 nitrogen and oxygen atoms in total. The van der Waals surface area contributed by atoms with Crippen LogP contribution in [0.5, 0.6) is 0 Å². The fourth-order valence-corrected chi connectivity index (χ4v) is 4.52. The number of rotatable bonds is 20. The largest absolute Gasteiger partial charge is 0.376 e. The van der Waals surface area contributed by atoms with Crippen LogP contribution in [-0.4, -0.2) is 32.0 Å². The third-order valence-electron chi connectivity index (χ3n) is 6.86. The van der Waals surface area contributed by atoms with E-state index < -0.39 is 0 Å². The van der Waals surface area contributed by atoms with Crippen LogP contribution in [0, 0.1) is 0 Å². The number of benzene rings is 2. The van der Waals surface area contributed by atoms with Crippen molar-refractivity contribution in [1.29, 1.82) is 0 Å². The van der Waals surface area contributed by atoms with Crippen molar-refractivity contribution in [3.05, 3.63) is 60.2 Å². The highest BCUT2D eigenvalue weighted by Crippen LogP contribution is 2.17. The summed E-state index contributed by atoms with van der Waals surface area (Å²) in [6.45, 7) is 3.19. The molecule has 2 aromatic carbocycles. The molecule has 0 heterocycles. The molecule has 0 aromatic heterocycles. The standard InChI is InChI=1S/C32H49N3O2/c1-3-4-5-6-7-8-9-10-11-12-13-14-15-19-25-33-31(36)27-34-29-22-20-21-28(26-29)32(37)35(2)30-23-17-16-18-24-30/h16-18,20-24,26,34H,3-15,19,25,27H2,1-2H3,(H,33,36). The molecule has 37 heavy (non-hydrogen) atoms. The van der Waals surface area contributed by atoms with E-state index in [1.54, 1.807) is 24.1 Å². The molecule has 2 amide bonds. The Morgan fingerprint density at radius 2 is 1.27 bits per heavy atom. The number of hydrogen-bond donors (Lipinski definition) is 2. The Morgan fingerprint density at radius 3 is 1.86 bits per heavy atom. The first kappa shape index (κ1) is 30.4. The molecule has 2 aromatic rings. The second-order valence-corrected chi connectivity index (χ2v) is 10.1. The number of unbranched alkanes of at least 4 members (excludes halogenated alkanes) is 13. The Kier molecular flexibility index (Phi) is 15.9. The summed E-state index contributed by atoms with van der Waals surface area (Å²) in [6, 6.07) is 16.9. The van der Waals surface area contributed by atoms with Gasteiger partial charge in [-0.2, -0.15) is 0 Å². The van der Waals surface area contributed by atoms with Gasteiger partial charge in [-0.05, 0) is 36.8 Å². The van der Waals surface area contributed by atoms with Crippen molar-refractivity contribution in [2.75, 3.05) is 30.4 Å². The number of hydrogen-bond acceptors (Lipinski definition) is 3. The molecule has 0 aliphatic heterocycles. The fraction of sp³-hybridized carbons (Fsp3) is 0.562. The summed E-state index contributed by atoms with van der Waals surface area (Å²) < 4.78 is 0. The van der Waals surface area contributed by atoms with Crippen LogP contribution < -0.4 is 15.5 Å². The van der Waals surface area contributed by atoms with E-state index in [1.807, 2.05) is 42.5 Å². The van der Waals surface area contributed by atoms with Gasteiger partial charge >= 0.3 is 0 Å². The van der Waals surface area contributed by atoms with Gasteiger partial charge in [0.05, 0.1) is 6.54 Å². The number of nitrogens with one attached hydrogen (secondary N) is 2. The lowest BCUT2D eigenvalue weighted by Crippen LogP contribution is -2.30. The molecule has 0 unspecified atom stereocenters. The van der Waals surface area contributed by atoms with Crippen LogP contribution in [0.2, 0.25) is 0 Å². The van der Waals surface area contributed by atoms with E-state index in [0.717, 1.165) is 24.3 Å². The summed E-state index contributed by atoms with van der Waals surface area (Å²) in [4.78, 5) is 26.7. The average Bonchev–Trinajstić information content (AvgIpc) is 2.93. The van der Waals surface area contributed by atoms with Crippen LogP contribution in [0.15, 0.2) is 54.6 Å². The molecule has 2 rings (SSSR count). The predicted molar refractivity (Wildman–Crippen MR) is 157 cm³/mol. The van der Waals surface area contributed by atoms with E-state index in [4.69, 9.17) is 0 Å². The van der Waals surface area contributed by atoms with Gasteiger partial charge in [0.2, 0.25) is 5.91 Å². The summed E-state index contributed by atoms with van der Waals surface area (Å²) in [5, 5.41) is 6.13. The van der Waals surface area contributed by atoms with E-state index >= 15 is 0 Å². The molecular formula is C32H49N3O2. The van der Waals surface area contributed by atoms with Crippen molar-refractivity contribution in [3.8, 4) is 0 Å². The summed E-state index contributed by atoms with van der Waals surface area (Å²) in [6.07, 6.45) is 18.6. The van der Waals surface area contributed by atoms with Gasteiger partial charge in [0.15, 0.2) is 0 Å². The van der Waals surface area contributed by atoms with Gasteiger partial charge in [-0.15, -0.1) is 0 Å². The number of amides is 2. The van der Waals surface area contributed by atoms with Crippen molar-refractivity contribution >= 4 is 23.2 Å². The van der Waals surface area contributed by atoms with Crippen LogP contribution >= 0.6 is 0 Å². The highest BCUT2D eigenvalue weighted by atomic mass is 16.2. The lowest BCUT2D eigenvalue weighted by Gasteiger charge is -2.18. The fourth-order valence-electron chi connectivity index (χ4n) is 4.52. The van der Waals surface area contributed by atoms with Gasteiger partial charge < -0.3 is 15.5 Å². The van der Waals surface area contributed by atoms with E-state index in [2.05, 4.69) is 17.6 Å². The number of carbonyl (C=O) groups excluding carboxylic acids is 2. The molecule has 204 valence electrons. The predicted octanol–water partition coefficient (Wildman–Crippen LogP) is 7.97. The van der Waals surface area contributed by atoms with Crippen molar-refractivity contribution in [1.82, 2.24) is 5.32 Å². The topological polar surface area (TPSA) is 61.4 Å². The molecule has 0 atom stereocenters. The van der Waals surface area contributed by atoms with Gasteiger partial charge in [-0.25, -0.2) is 0 Å². The molecule has 0 fully saturated rings. The van der Waals surface area contributed by atoms with Gasteiger partial charge in [-0.1, -0.05) is 115 Å². The van der Waals surface area contributed by atoms with Crippen LogP contribution in [0.25, 0.3) is 0 Å². The Morgan fingerprint density at radius 1 is 0.703 bits per heavy atom. The highest BCUT2D eigenvalue weighted by molar-refractivity contribution is 6.06. The number of anilines is 2. The minimum Gasteiger partial charge on any atom is -0.376 e. The zero-order chi connectivity index (χ0) is 26.6. The lowest BCUT2D eigenvalue weighted by molar-refractivity contribution is -0.119. The molecular weight excluding hydrogens is 458 g/mol. The second-order valence-electron chi connectivity index (χ2n) is 10.1. The normalized spacial score (nSPS) is 10.8. The molecule has 0 spiro atoms. The van der Waals surface area contributed by atoms with Crippen LogP contribution in [-0.2, 0) is 4.79 Å². The van der Waals surface area contributed by atoms with Crippen LogP contribution in [0.4, 0.5) is 11.4 Å².